The van der Waals surface area contributed by atoms with Crippen LogP contribution in [0.1, 0.15) is 11.3 Å². The van der Waals surface area contributed by atoms with Gasteiger partial charge in [0.15, 0.2) is 0 Å². The molecule has 1 aliphatic rings. The van der Waals surface area contributed by atoms with Crippen molar-refractivity contribution < 1.29 is 18.3 Å². The molecule has 106 valence electrons. The van der Waals surface area contributed by atoms with E-state index in [1.807, 2.05) is 0 Å². The average Bonchev–Trinajstić information content (AvgIpc) is 2.44. The van der Waals surface area contributed by atoms with Crippen LogP contribution in [0.5, 0.6) is 5.75 Å². The van der Waals surface area contributed by atoms with Gasteiger partial charge in [0.2, 0.25) is 0 Å². The van der Waals surface area contributed by atoms with E-state index >= 15 is 0 Å². The van der Waals surface area contributed by atoms with E-state index in [1.165, 1.54) is 6.07 Å². The van der Waals surface area contributed by atoms with Gasteiger partial charge < -0.3 is 14.8 Å². The number of hydrogen-bond donors (Lipinski definition) is 1. The lowest BCUT2D eigenvalue weighted by atomic mass is 10.0. The van der Waals surface area contributed by atoms with Gasteiger partial charge in [0.25, 0.3) is 0 Å². The van der Waals surface area contributed by atoms with Crippen molar-refractivity contribution in [3.8, 4) is 5.75 Å². The van der Waals surface area contributed by atoms with Gasteiger partial charge in [-0.3, -0.25) is 4.98 Å². The Hall–Kier alpha value is -1.95. The number of ether oxygens (including phenoxy) is 2. The number of pyridine rings is 1. The fourth-order valence-corrected chi connectivity index (χ4v) is 2.50. The first kappa shape index (κ1) is 13.1. The summed E-state index contributed by atoms with van der Waals surface area (Å²) in [6.07, 6.45) is 0.759. The molecule has 3 rings (SSSR count). The van der Waals surface area contributed by atoms with Crippen molar-refractivity contribution >= 4 is 16.6 Å². The van der Waals surface area contributed by atoms with Crippen molar-refractivity contribution in [2.75, 3.05) is 19.0 Å². The lowest BCUT2D eigenvalue weighted by Crippen LogP contribution is -2.14. The molecule has 0 unspecified atom stereocenters. The maximum atomic E-state index is 12.3. The summed E-state index contributed by atoms with van der Waals surface area (Å²) in [6, 6.07) is 4.78. The van der Waals surface area contributed by atoms with Crippen LogP contribution >= 0.6 is 0 Å². The topological polar surface area (TPSA) is 43.4 Å². The van der Waals surface area contributed by atoms with Crippen LogP contribution in [0.15, 0.2) is 18.2 Å². The number of nitrogens with one attached hydrogen (secondary N) is 1. The van der Waals surface area contributed by atoms with E-state index in [4.69, 9.17) is 4.74 Å². The first-order valence-corrected chi connectivity index (χ1v) is 6.35. The Morgan fingerprint density at radius 2 is 2.25 bits per heavy atom. The number of hydrogen-bond acceptors (Lipinski definition) is 4. The van der Waals surface area contributed by atoms with Crippen LogP contribution in [0, 0.1) is 0 Å². The Kier molecular flexibility index (Phi) is 3.40. The first-order chi connectivity index (χ1) is 9.69. The largest absolute Gasteiger partial charge is 0.435 e. The van der Waals surface area contributed by atoms with Crippen LogP contribution in [-0.4, -0.2) is 25.3 Å². The van der Waals surface area contributed by atoms with Crippen molar-refractivity contribution in [1.29, 1.82) is 0 Å². The normalized spacial score (nSPS) is 14.4. The van der Waals surface area contributed by atoms with Crippen molar-refractivity contribution in [2.24, 2.45) is 0 Å². The van der Waals surface area contributed by atoms with Crippen LogP contribution in [0.3, 0.4) is 0 Å². The van der Waals surface area contributed by atoms with Crippen LogP contribution < -0.4 is 10.1 Å². The molecule has 0 amide bonds. The molecule has 0 saturated heterocycles. The zero-order valence-electron chi connectivity index (χ0n) is 11.0. The number of anilines is 1. The monoisotopic (exact) mass is 280 g/mol. The smallest absolute Gasteiger partial charge is 0.387 e. The van der Waals surface area contributed by atoms with Crippen LogP contribution in [0.2, 0.25) is 0 Å². The van der Waals surface area contributed by atoms with E-state index in [-0.39, 0.29) is 5.75 Å². The third kappa shape index (κ3) is 2.27. The summed E-state index contributed by atoms with van der Waals surface area (Å²) in [7, 11) is 1.80. The minimum atomic E-state index is -2.83. The van der Waals surface area contributed by atoms with E-state index < -0.39 is 6.61 Å². The lowest BCUT2D eigenvalue weighted by Gasteiger charge is -2.21. The molecule has 0 radical (unpaired) electrons. The standard InChI is InChI=1S/C14H14F2N2O2/c1-17-13-9-6-8(20-14(15)16)2-3-11(9)18-12-4-5-19-7-10(12)13/h2-3,6,14H,4-5,7H2,1H3,(H,17,18). The predicted molar refractivity (Wildman–Crippen MR) is 71.3 cm³/mol. The quantitative estimate of drug-likeness (QED) is 0.938. The van der Waals surface area contributed by atoms with Gasteiger partial charge in [0.1, 0.15) is 5.75 Å². The summed E-state index contributed by atoms with van der Waals surface area (Å²) >= 11 is 0. The Morgan fingerprint density at radius 1 is 1.40 bits per heavy atom. The second-order valence-electron chi connectivity index (χ2n) is 4.52. The van der Waals surface area contributed by atoms with Crippen LogP contribution in [-0.2, 0) is 17.8 Å². The Morgan fingerprint density at radius 3 is 3.00 bits per heavy atom. The Labute approximate surface area is 114 Å². The molecule has 6 heteroatoms. The third-order valence-corrected chi connectivity index (χ3v) is 3.35. The summed E-state index contributed by atoms with van der Waals surface area (Å²) in [5.41, 5.74) is 3.61. The molecule has 0 saturated carbocycles. The third-order valence-electron chi connectivity index (χ3n) is 3.35. The SMILES string of the molecule is CNc1c2c(nc3ccc(OC(F)F)cc13)CCOC2. The fraction of sp³-hybridized carbons (Fsp3) is 0.357. The van der Waals surface area contributed by atoms with E-state index in [0.29, 0.717) is 13.2 Å². The summed E-state index contributed by atoms with van der Waals surface area (Å²) < 4.78 is 34.5. The number of rotatable bonds is 3. The van der Waals surface area contributed by atoms with E-state index in [0.717, 1.165) is 34.3 Å². The van der Waals surface area contributed by atoms with E-state index in [1.54, 1.807) is 19.2 Å². The van der Waals surface area contributed by atoms with Crippen molar-refractivity contribution in [3.63, 3.8) is 0 Å². The highest BCUT2D eigenvalue weighted by atomic mass is 19.3. The van der Waals surface area contributed by atoms with Crippen LogP contribution in [0.25, 0.3) is 10.9 Å². The van der Waals surface area contributed by atoms with Gasteiger partial charge in [-0.15, -0.1) is 0 Å². The van der Waals surface area contributed by atoms with Gasteiger partial charge in [-0.2, -0.15) is 8.78 Å². The van der Waals surface area contributed by atoms with E-state index in [2.05, 4.69) is 15.0 Å². The molecule has 20 heavy (non-hydrogen) atoms. The molecule has 0 bridgehead atoms. The summed E-state index contributed by atoms with van der Waals surface area (Å²) in [6.45, 7) is -1.70. The zero-order valence-corrected chi connectivity index (χ0v) is 11.0. The minimum Gasteiger partial charge on any atom is -0.435 e. The highest BCUT2D eigenvalue weighted by molar-refractivity contribution is 5.94. The number of aromatic nitrogens is 1. The average molecular weight is 280 g/mol. The van der Waals surface area contributed by atoms with E-state index in [9.17, 15) is 8.78 Å². The highest BCUT2D eigenvalue weighted by Crippen LogP contribution is 2.33. The number of fused-ring (bicyclic) bond motifs is 2. The molecule has 0 fully saturated rings. The van der Waals surface area contributed by atoms with Gasteiger partial charge in [-0.05, 0) is 18.2 Å². The second kappa shape index (κ2) is 5.20. The number of alkyl halides is 2. The molecule has 0 spiro atoms. The van der Waals surface area contributed by atoms with Gasteiger partial charge in [0, 0.05) is 24.4 Å². The maximum Gasteiger partial charge on any atom is 0.387 e. The Balaban J connectivity index is 2.17. The highest BCUT2D eigenvalue weighted by Gasteiger charge is 2.18. The zero-order chi connectivity index (χ0) is 14.1. The van der Waals surface area contributed by atoms with Crippen molar-refractivity contribution in [3.05, 3.63) is 29.5 Å². The predicted octanol–water partition coefficient (Wildman–Crippen LogP) is 2.95. The van der Waals surface area contributed by atoms with Crippen molar-refractivity contribution in [1.82, 2.24) is 4.98 Å². The van der Waals surface area contributed by atoms with Gasteiger partial charge in [-0.1, -0.05) is 0 Å². The molecule has 1 N–H and O–H groups in total. The molecule has 0 aliphatic carbocycles. The summed E-state index contributed by atoms with van der Waals surface area (Å²) in [4.78, 5) is 4.58. The maximum absolute atomic E-state index is 12.3. The van der Waals surface area contributed by atoms with Crippen LogP contribution in [0.4, 0.5) is 14.5 Å². The molecule has 0 atom stereocenters. The molecule has 4 nitrogen and oxygen atoms in total. The van der Waals surface area contributed by atoms with Gasteiger partial charge >= 0.3 is 6.61 Å². The minimum absolute atomic E-state index is 0.127. The molecule has 1 aromatic carbocycles. The number of halogens is 2. The second-order valence-corrected chi connectivity index (χ2v) is 4.52. The van der Waals surface area contributed by atoms with Gasteiger partial charge in [0.05, 0.1) is 30.1 Å². The van der Waals surface area contributed by atoms with Gasteiger partial charge in [-0.25, -0.2) is 0 Å². The molecule has 2 heterocycles. The fourth-order valence-electron chi connectivity index (χ4n) is 2.50. The number of benzene rings is 1. The molecule has 1 aliphatic heterocycles. The van der Waals surface area contributed by atoms with Crippen molar-refractivity contribution in [2.45, 2.75) is 19.6 Å². The lowest BCUT2D eigenvalue weighted by molar-refractivity contribution is -0.0497. The molecule has 2 aromatic rings. The number of nitrogens with zero attached hydrogens (tertiary/aromatic N) is 1. The molecule has 1 aromatic heterocycles. The Bertz CT molecular complexity index is 647. The molecular formula is C14H14F2N2O2. The summed E-state index contributed by atoms with van der Waals surface area (Å²) in [5, 5.41) is 3.87. The molecular weight excluding hydrogens is 266 g/mol. The summed E-state index contributed by atoms with van der Waals surface area (Å²) in [5.74, 6) is 0.127. The first-order valence-electron chi connectivity index (χ1n) is 6.35.